The average Bonchev–Trinajstić information content (AvgIpc) is 3.38. The second-order valence-corrected chi connectivity index (χ2v) is 10.3. The largest absolute Gasteiger partial charge is 0.463 e. The number of amides is 1. The van der Waals surface area contributed by atoms with Gasteiger partial charge < -0.3 is 9.64 Å². The van der Waals surface area contributed by atoms with E-state index in [0.29, 0.717) is 24.0 Å². The summed E-state index contributed by atoms with van der Waals surface area (Å²) in [4.78, 5) is 14.9. The number of ether oxygens (including phenoxy) is 1. The Bertz CT molecular complexity index is 927. The molecule has 0 aromatic heterocycles. The minimum absolute atomic E-state index is 0.0837. The summed E-state index contributed by atoms with van der Waals surface area (Å²) < 4.78 is 18.6. The van der Waals surface area contributed by atoms with E-state index in [0.717, 1.165) is 34.7 Å². The number of rotatable bonds is 5. The van der Waals surface area contributed by atoms with Crippen molar-refractivity contribution in [1.29, 1.82) is 0 Å². The maximum absolute atomic E-state index is 13.1. The monoisotopic (exact) mass is 411 g/mol. The number of carbonyl (C=O) groups excluding carboxylic acids is 1. The molecule has 0 bridgehead atoms. The van der Waals surface area contributed by atoms with Crippen molar-refractivity contribution in [3.05, 3.63) is 46.7 Å². The van der Waals surface area contributed by atoms with Crippen LogP contribution >= 0.6 is 0 Å². The zero-order chi connectivity index (χ0) is 21.8. The van der Waals surface area contributed by atoms with Crippen LogP contribution in [0.5, 0.6) is 0 Å². The number of allylic oxidation sites excluding steroid dienone is 3. The van der Waals surface area contributed by atoms with Crippen LogP contribution in [0.25, 0.3) is 5.57 Å². The van der Waals surface area contributed by atoms with Crippen LogP contribution in [0, 0.1) is 24.7 Å². The maximum Gasteiger partial charge on any atom is 0.228 e. The molecule has 1 aromatic carbocycles. The van der Waals surface area contributed by atoms with Crippen LogP contribution in [0.3, 0.4) is 0 Å². The van der Waals surface area contributed by atoms with Gasteiger partial charge in [-0.15, -0.1) is 0 Å². The smallest absolute Gasteiger partial charge is 0.228 e. The van der Waals surface area contributed by atoms with Gasteiger partial charge in [0.25, 0.3) is 0 Å². The number of halogens is 1. The van der Waals surface area contributed by atoms with Crippen LogP contribution in [0.4, 0.5) is 10.1 Å². The van der Waals surface area contributed by atoms with Gasteiger partial charge >= 0.3 is 0 Å². The number of fused-ring (bicyclic) bond motifs is 1. The summed E-state index contributed by atoms with van der Waals surface area (Å²) in [5.74, 6) is 2.72. The van der Waals surface area contributed by atoms with Crippen LogP contribution in [0.1, 0.15) is 70.6 Å². The van der Waals surface area contributed by atoms with Gasteiger partial charge in [0.15, 0.2) is 0 Å². The van der Waals surface area contributed by atoms with Crippen molar-refractivity contribution in [2.24, 2.45) is 17.8 Å². The molecule has 162 valence electrons. The van der Waals surface area contributed by atoms with E-state index < -0.39 is 6.86 Å². The van der Waals surface area contributed by atoms with Gasteiger partial charge in [-0.25, -0.2) is 4.39 Å². The highest BCUT2D eigenvalue weighted by atomic mass is 19.1. The Morgan fingerprint density at radius 2 is 2.00 bits per heavy atom. The topological polar surface area (TPSA) is 29.5 Å². The van der Waals surface area contributed by atoms with Gasteiger partial charge in [-0.3, -0.25) is 4.79 Å². The number of benzene rings is 1. The van der Waals surface area contributed by atoms with Crippen LogP contribution in [0.2, 0.25) is 0 Å². The summed E-state index contributed by atoms with van der Waals surface area (Å²) in [6, 6.07) is 4.45. The standard InChI is InChI=1S/C26H34FNO2/c1-15(2)28-23-12-20(17(4)10-22(23)26(5,6)13-25(28)29)21-11-18(19-9-16(19)3)7-8-24(21)30-14-27/h8,10-12,15-16,18-19H,7,9,13-14H2,1-6H3/t16-,18-,19?/m0/s1. The fraction of sp³-hybridized carbons (Fsp3) is 0.577. The molecule has 30 heavy (non-hydrogen) atoms. The minimum atomic E-state index is -0.832. The highest BCUT2D eigenvalue weighted by Crippen LogP contribution is 2.50. The van der Waals surface area contributed by atoms with E-state index in [4.69, 9.17) is 4.74 Å². The van der Waals surface area contributed by atoms with Gasteiger partial charge in [-0.05, 0) is 80.2 Å². The number of alkyl halides is 1. The number of carbonyl (C=O) groups is 1. The molecule has 0 spiro atoms. The lowest BCUT2D eigenvalue weighted by Gasteiger charge is -2.41. The summed E-state index contributed by atoms with van der Waals surface area (Å²) in [7, 11) is 0. The molecule has 3 atom stereocenters. The Kier molecular flexibility index (Phi) is 5.32. The van der Waals surface area contributed by atoms with Crippen molar-refractivity contribution in [1.82, 2.24) is 0 Å². The normalized spacial score (nSPS) is 27.5. The molecule has 1 unspecified atom stereocenters. The predicted molar refractivity (Wildman–Crippen MR) is 120 cm³/mol. The highest BCUT2D eigenvalue weighted by molar-refractivity contribution is 5.99. The van der Waals surface area contributed by atoms with E-state index in [2.05, 4.69) is 65.8 Å². The van der Waals surface area contributed by atoms with E-state index in [1.165, 1.54) is 12.0 Å². The molecule has 3 aliphatic rings. The van der Waals surface area contributed by atoms with Crippen molar-refractivity contribution in [3.63, 3.8) is 0 Å². The number of hydrogen-bond acceptors (Lipinski definition) is 2. The van der Waals surface area contributed by atoms with E-state index in [-0.39, 0.29) is 17.4 Å². The first-order valence-corrected chi connectivity index (χ1v) is 11.2. The van der Waals surface area contributed by atoms with Gasteiger partial charge in [-0.2, -0.15) is 0 Å². The van der Waals surface area contributed by atoms with Crippen LogP contribution in [-0.2, 0) is 14.9 Å². The third kappa shape index (κ3) is 3.59. The van der Waals surface area contributed by atoms with Crippen molar-refractivity contribution < 1.29 is 13.9 Å². The summed E-state index contributed by atoms with van der Waals surface area (Å²) in [5.41, 5.74) is 5.14. The fourth-order valence-corrected chi connectivity index (χ4v) is 5.37. The van der Waals surface area contributed by atoms with E-state index in [9.17, 15) is 9.18 Å². The van der Waals surface area contributed by atoms with E-state index in [1.807, 2.05) is 4.90 Å². The first-order valence-electron chi connectivity index (χ1n) is 11.2. The third-order valence-electron chi connectivity index (χ3n) is 7.15. The number of aryl methyl sites for hydroxylation is 1. The molecule has 1 aromatic rings. The molecule has 0 radical (unpaired) electrons. The lowest BCUT2D eigenvalue weighted by atomic mass is 9.75. The zero-order valence-corrected chi connectivity index (χ0v) is 19.1. The molecule has 4 heteroatoms. The maximum atomic E-state index is 13.1. The highest BCUT2D eigenvalue weighted by Gasteiger charge is 2.41. The molecule has 1 fully saturated rings. The molecule has 0 N–H and O–H groups in total. The zero-order valence-electron chi connectivity index (χ0n) is 19.1. The molecular formula is C26H34FNO2. The molecule has 1 heterocycles. The quantitative estimate of drug-likeness (QED) is 0.569. The summed E-state index contributed by atoms with van der Waals surface area (Å²) in [5, 5.41) is 0. The Hall–Kier alpha value is -2.10. The van der Waals surface area contributed by atoms with Crippen LogP contribution in [-0.4, -0.2) is 18.8 Å². The molecule has 1 aliphatic heterocycles. The average molecular weight is 412 g/mol. The molecule has 4 rings (SSSR count). The number of anilines is 1. The summed E-state index contributed by atoms with van der Waals surface area (Å²) in [6.45, 7) is 12.0. The Balaban J connectivity index is 1.85. The SMILES string of the molecule is Cc1cc2c(cc1C1=C[C@@H](C3C[C@@H]3C)CC=C1OCF)N(C(C)C)C(=O)CC2(C)C. The van der Waals surface area contributed by atoms with E-state index in [1.54, 1.807) is 0 Å². The molecule has 1 amide bonds. The van der Waals surface area contributed by atoms with Crippen molar-refractivity contribution in [3.8, 4) is 0 Å². The van der Waals surface area contributed by atoms with Gasteiger partial charge in [0.05, 0.1) is 0 Å². The van der Waals surface area contributed by atoms with Crippen molar-refractivity contribution >= 4 is 17.2 Å². The lowest BCUT2D eigenvalue weighted by Crippen LogP contribution is -2.45. The summed E-state index contributed by atoms with van der Waals surface area (Å²) >= 11 is 0. The molecule has 3 nitrogen and oxygen atoms in total. The van der Waals surface area contributed by atoms with Crippen molar-refractivity contribution in [2.45, 2.75) is 72.3 Å². The van der Waals surface area contributed by atoms with Crippen LogP contribution < -0.4 is 4.90 Å². The van der Waals surface area contributed by atoms with Gasteiger partial charge in [0.1, 0.15) is 5.76 Å². The van der Waals surface area contributed by atoms with Crippen molar-refractivity contribution in [2.75, 3.05) is 11.8 Å². The third-order valence-corrected chi connectivity index (χ3v) is 7.15. The molecule has 2 aliphatic carbocycles. The lowest BCUT2D eigenvalue weighted by molar-refractivity contribution is -0.120. The minimum Gasteiger partial charge on any atom is -0.463 e. The Morgan fingerprint density at radius 1 is 1.30 bits per heavy atom. The van der Waals surface area contributed by atoms with Gasteiger partial charge in [-0.1, -0.05) is 32.9 Å². The second kappa shape index (κ2) is 7.55. The van der Waals surface area contributed by atoms with Crippen LogP contribution in [0.15, 0.2) is 30.0 Å². The van der Waals surface area contributed by atoms with Gasteiger partial charge in [0, 0.05) is 29.1 Å². The molecule has 0 saturated heterocycles. The van der Waals surface area contributed by atoms with E-state index >= 15 is 0 Å². The molecular weight excluding hydrogens is 377 g/mol. The Labute approximate surface area is 180 Å². The van der Waals surface area contributed by atoms with Gasteiger partial charge in [0.2, 0.25) is 12.8 Å². The first-order chi connectivity index (χ1) is 14.1. The number of nitrogens with zero attached hydrogens (tertiary/aromatic N) is 1. The fourth-order valence-electron chi connectivity index (χ4n) is 5.37. The first kappa shape index (κ1) is 21.1. The predicted octanol–water partition coefficient (Wildman–Crippen LogP) is 6.30. The second-order valence-electron chi connectivity index (χ2n) is 10.3. The Morgan fingerprint density at radius 3 is 2.60 bits per heavy atom. The number of hydrogen-bond donors (Lipinski definition) is 0. The molecule has 1 saturated carbocycles. The summed E-state index contributed by atoms with van der Waals surface area (Å²) in [6.07, 6.45) is 7.02.